The highest BCUT2D eigenvalue weighted by atomic mass is 32.1. The third kappa shape index (κ3) is 8.07. The molecule has 8 heteroatoms. The Morgan fingerprint density at radius 1 is 1.23 bits per heavy atom. The molecule has 0 amide bonds. The molecule has 2 heterocycles. The summed E-state index contributed by atoms with van der Waals surface area (Å²) in [4.78, 5) is 10.2. The largest absolute Gasteiger partial charge is 0.491 e. The van der Waals surface area contributed by atoms with Gasteiger partial charge >= 0.3 is 0 Å². The summed E-state index contributed by atoms with van der Waals surface area (Å²) in [5.41, 5.74) is 3.82. The minimum atomic E-state index is 0.148. The molecule has 31 heavy (non-hydrogen) atoms. The Morgan fingerprint density at radius 3 is 2.74 bits per heavy atom. The van der Waals surface area contributed by atoms with Crippen molar-refractivity contribution in [1.29, 1.82) is 0 Å². The number of nitrogens with one attached hydrogen (secondary N) is 2. The minimum Gasteiger partial charge on any atom is -0.491 e. The summed E-state index contributed by atoms with van der Waals surface area (Å²) in [6.45, 7) is 8.47. The van der Waals surface area contributed by atoms with E-state index in [9.17, 15) is 0 Å². The lowest BCUT2D eigenvalue weighted by atomic mass is 10.3. The second-order valence-corrected chi connectivity index (χ2v) is 8.19. The van der Waals surface area contributed by atoms with Crippen LogP contribution in [-0.4, -0.2) is 30.2 Å². The van der Waals surface area contributed by atoms with E-state index in [4.69, 9.17) is 18.9 Å². The van der Waals surface area contributed by atoms with Crippen LogP contribution in [0.1, 0.15) is 36.6 Å². The number of benzene rings is 1. The van der Waals surface area contributed by atoms with E-state index in [2.05, 4.69) is 15.6 Å². The molecule has 3 aromatic rings. The van der Waals surface area contributed by atoms with Crippen molar-refractivity contribution in [3.8, 4) is 5.75 Å². The molecule has 0 aliphatic carbocycles. The quantitative estimate of drug-likeness (QED) is 0.247. The van der Waals surface area contributed by atoms with E-state index < -0.39 is 0 Å². The fourth-order valence-electron chi connectivity index (χ4n) is 2.74. The van der Waals surface area contributed by atoms with Gasteiger partial charge in [-0.05, 0) is 63.6 Å². The number of aromatic nitrogens is 1. The lowest BCUT2D eigenvalue weighted by Gasteiger charge is -2.14. The molecule has 0 unspecified atom stereocenters. The van der Waals surface area contributed by atoms with Crippen LogP contribution in [0, 0.1) is 6.92 Å². The van der Waals surface area contributed by atoms with Crippen molar-refractivity contribution in [2.24, 2.45) is 4.99 Å². The molecule has 0 saturated carbocycles. The van der Waals surface area contributed by atoms with Crippen molar-refractivity contribution in [3.63, 3.8) is 0 Å². The van der Waals surface area contributed by atoms with E-state index in [0.29, 0.717) is 19.8 Å². The number of hydrogen-bond donors (Lipinski definition) is 2. The van der Waals surface area contributed by atoms with Crippen molar-refractivity contribution in [1.82, 2.24) is 10.3 Å². The molecule has 0 bridgehead atoms. The summed E-state index contributed by atoms with van der Waals surface area (Å²) < 4.78 is 16.6. The highest BCUT2D eigenvalue weighted by Crippen LogP contribution is 2.17. The number of rotatable bonds is 11. The van der Waals surface area contributed by atoms with Gasteiger partial charge in [-0.15, -0.1) is 11.3 Å². The minimum absolute atomic E-state index is 0.148. The maximum atomic E-state index is 5.71. The zero-order valence-electron chi connectivity index (χ0n) is 18.3. The van der Waals surface area contributed by atoms with Crippen LogP contribution >= 0.6 is 11.3 Å². The van der Waals surface area contributed by atoms with Gasteiger partial charge in [0, 0.05) is 23.7 Å². The Balaban J connectivity index is 1.52. The van der Waals surface area contributed by atoms with Crippen LogP contribution in [0.3, 0.4) is 0 Å². The fourth-order valence-corrected chi connectivity index (χ4v) is 3.44. The van der Waals surface area contributed by atoms with Gasteiger partial charge in [0.25, 0.3) is 0 Å². The zero-order chi connectivity index (χ0) is 21.9. The van der Waals surface area contributed by atoms with Gasteiger partial charge in [0.05, 0.1) is 30.1 Å². The number of anilines is 1. The van der Waals surface area contributed by atoms with Gasteiger partial charge in [0.1, 0.15) is 18.1 Å². The van der Waals surface area contributed by atoms with Gasteiger partial charge in [0.15, 0.2) is 5.96 Å². The Morgan fingerprint density at radius 2 is 2.06 bits per heavy atom. The van der Waals surface area contributed by atoms with Gasteiger partial charge in [-0.2, -0.15) is 0 Å². The number of ether oxygens (including phenoxy) is 2. The van der Waals surface area contributed by atoms with Crippen molar-refractivity contribution >= 4 is 23.0 Å². The van der Waals surface area contributed by atoms with Gasteiger partial charge < -0.3 is 24.5 Å². The summed E-state index contributed by atoms with van der Waals surface area (Å²) in [5.74, 6) is 2.40. The first-order valence-corrected chi connectivity index (χ1v) is 11.3. The van der Waals surface area contributed by atoms with Crippen LogP contribution in [-0.2, 0) is 17.9 Å². The van der Waals surface area contributed by atoms with Crippen molar-refractivity contribution in [3.05, 3.63) is 64.5 Å². The summed E-state index contributed by atoms with van der Waals surface area (Å²) in [5, 5.41) is 6.75. The number of aliphatic imine (C=N–C) groups is 1. The molecular weight excluding hydrogens is 412 g/mol. The van der Waals surface area contributed by atoms with Gasteiger partial charge in [-0.25, -0.2) is 9.98 Å². The molecular formula is C23H30N4O3S. The van der Waals surface area contributed by atoms with Crippen molar-refractivity contribution < 1.29 is 13.9 Å². The Kier molecular flexibility index (Phi) is 8.93. The molecule has 2 aromatic heterocycles. The van der Waals surface area contributed by atoms with Crippen LogP contribution in [0.15, 0.2) is 57.6 Å². The average molecular weight is 443 g/mol. The lowest BCUT2D eigenvalue weighted by molar-refractivity contribution is 0.105. The summed E-state index contributed by atoms with van der Waals surface area (Å²) in [6, 6.07) is 11.6. The third-order valence-corrected chi connectivity index (χ3v) is 5.22. The predicted molar refractivity (Wildman–Crippen MR) is 125 cm³/mol. The molecule has 166 valence electrons. The zero-order valence-corrected chi connectivity index (χ0v) is 19.1. The first-order chi connectivity index (χ1) is 15.1. The topological polar surface area (TPSA) is 80.9 Å². The van der Waals surface area contributed by atoms with Gasteiger partial charge in [-0.1, -0.05) is 0 Å². The molecule has 0 aliphatic rings. The average Bonchev–Trinajstić information content (AvgIpc) is 3.41. The molecule has 0 fully saturated rings. The van der Waals surface area contributed by atoms with Gasteiger partial charge in [0.2, 0.25) is 0 Å². The third-order valence-electron chi connectivity index (χ3n) is 4.30. The standard InChI is InChI=1S/C23H30N4O3S/c1-17(2)30-20-9-7-19(8-10-20)27-23(25-14-22-18(3)26-16-31-22)24-11-5-12-28-15-21-6-4-13-29-21/h4,6-10,13,16-17H,5,11-12,14-15H2,1-3H3,(H2,24,25,27). The molecule has 0 saturated heterocycles. The maximum Gasteiger partial charge on any atom is 0.196 e. The first kappa shape index (κ1) is 22.8. The van der Waals surface area contributed by atoms with E-state index >= 15 is 0 Å². The van der Waals surface area contributed by atoms with Crippen LogP contribution in [0.4, 0.5) is 5.69 Å². The Bertz CT molecular complexity index is 921. The number of nitrogens with zero attached hydrogens (tertiary/aromatic N) is 2. The molecule has 2 N–H and O–H groups in total. The number of thiazole rings is 1. The molecule has 0 spiro atoms. The SMILES string of the molecule is Cc1ncsc1CN=C(NCCCOCc1ccco1)Nc1ccc(OC(C)C)cc1. The predicted octanol–water partition coefficient (Wildman–Crippen LogP) is 5.00. The van der Waals surface area contributed by atoms with Crippen LogP contribution < -0.4 is 15.4 Å². The van der Waals surface area contributed by atoms with Crippen LogP contribution in [0.2, 0.25) is 0 Å². The van der Waals surface area contributed by atoms with E-state index in [0.717, 1.165) is 46.7 Å². The molecule has 0 atom stereocenters. The summed E-state index contributed by atoms with van der Waals surface area (Å²) in [7, 11) is 0. The first-order valence-electron chi connectivity index (χ1n) is 10.4. The fraction of sp³-hybridized carbons (Fsp3) is 0.391. The van der Waals surface area contributed by atoms with Crippen LogP contribution in [0.25, 0.3) is 0 Å². The number of guanidine groups is 1. The van der Waals surface area contributed by atoms with Crippen LogP contribution in [0.5, 0.6) is 5.75 Å². The lowest BCUT2D eigenvalue weighted by Crippen LogP contribution is -2.32. The van der Waals surface area contributed by atoms with E-state index in [-0.39, 0.29) is 6.10 Å². The smallest absolute Gasteiger partial charge is 0.196 e. The number of aryl methyl sites for hydroxylation is 1. The summed E-state index contributed by atoms with van der Waals surface area (Å²) >= 11 is 1.62. The summed E-state index contributed by atoms with van der Waals surface area (Å²) in [6.07, 6.45) is 2.65. The highest BCUT2D eigenvalue weighted by molar-refractivity contribution is 7.09. The Hall–Kier alpha value is -2.84. The monoisotopic (exact) mass is 442 g/mol. The second-order valence-electron chi connectivity index (χ2n) is 7.25. The second kappa shape index (κ2) is 12.1. The van der Waals surface area contributed by atoms with E-state index in [1.54, 1.807) is 17.6 Å². The molecule has 1 aromatic carbocycles. The van der Waals surface area contributed by atoms with E-state index in [1.807, 2.05) is 62.7 Å². The number of furan rings is 1. The normalized spacial score (nSPS) is 11.7. The molecule has 3 rings (SSSR count). The Labute approximate surface area is 187 Å². The van der Waals surface area contributed by atoms with E-state index in [1.165, 1.54) is 0 Å². The molecule has 0 radical (unpaired) electrons. The van der Waals surface area contributed by atoms with Crippen molar-refractivity contribution in [2.45, 2.75) is 46.4 Å². The molecule has 0 aliphatic heterocycles. The van der Waals surface area contributed by atoms with Gasteiger partial charge in [-0.3, -0.25) is 0 Å². The highest BCUT2D eigenvalue weighted by Gasteiger charge is 2.05. The van der Waals surface area contributed by atoms with Crippen molar-refractivity contribution in [2.75, 3.05) is 18.5 Å². The maximum absolute atomic E-state index is 5.71. The number of hydrogen-bond acceptors (Lipinski definition) is 6. The molecule has 7 nitrogen and oxygen atoms in total.